The van der Waals surface area contributed by atoms with E-state index in [4.69, 9.17) is 0 Å². The third kappa shape index (κ3) is 5.97. The first-order chi connectivity index (χ1) is 13.8. The van der Waals surface area contributed by atoms with Crippen molar-refractivity contribution in [3.8, 4) is 0 Å². The third-order valence-electron chi connectivity index (χ3n) is 5.21. The van der Waals surface area contributed by atoms with Crippen molar-refractivity contribution >= 4 is 17.3 Å². The SMILES string of the molecule is Cc1ccccc1NC(=O)CCCN1CCN(c2cccc(C(F)(F)F)c2)CC1. The lowest BCUT2D eigenvalue weighted by Crippen LogP contribution is -2.46. The smallest absolute Gasteiger partial charge is 0.369 e. The number of rotatable bonds is 6. The normalized spacial score (nSPS) is 15.4. The number of piperazine rings is 1. The minimum absolute atomic E-state index is 0.00176. The number of hydrogen-bond acceptors (Lipinski definition) is 3. The largest absolute Gasteiger partial charge is 0.416 e. The Balaban J connectivity index is 1.41. The van der Waals surface area contributed by atoms with E-state index >= 15 is 0 Å². The minimum Gasteiger partial charge on any atom is -0.369 e. The van der Waals surface area contributed by atoms with Crippen LogP contribution in [0.3, 0.4) is 0 Å². The van der Waals surface area contributed by atoms with Gasteiger partial charge in [0.05, 0.1) is 5.56 Å². The number of carbonyl (C=O) groups is 1. The average Bonchev–Trinajstić information content (AvgIpc) is 2.70. The molecular formula is C22H26F3N3O. The lowest BCUT2D eigenvalue weighted by atomic mass is 10.1. The van der Waals surface area contributed by atoms with Crippen molar-refractivity contribution in [1.29, 1.82) is 0 Å². The van der Waals surface area contributed by atoms with E-state index in [0.29, 0.717) is 25.2 Å². The van der Waals surface area contributed by atoms with Crippen molar-refractivity contribution in [2.75, 3.05) is 42.9 Å². The van der Waals surface area contributed by atoms with Crippen molar-refractivity contribution in [2.45, 2.75) is 25.9 Å². The van der Waals surface area contributed by atoms with E-state index in [1.54, 1.807) is 6.07 Å². The molecule has 0 aliphatic carbocycles. The summed E-state index contributed by atoms with van der Waals surface area (Å²) in [6.07, 6.45) is -3.12. The number of hydrogen-bond donors (Lipinski definition) is 1. The fraction of sp³-hybridized carbons (Fsp3) is 0.409. The van der Waals surface area contributed by atoms with E-state index < -0.39 is 11.7 Å². The van der Waals surface area contributed by atoms with Crippen LogP contribution in [0.1, 0.15) is 24.0 Å². The number of carbonyl (C=O) groups excluding carboxylic acids is 1. The van der Waals surface area contributed by atoms with Gasteiger partial charge in [0, 0.05) is 44.0 Å². The second-order valence-corrected chi connectivity index (χ2v) is 7.34. The highest BCUT2D eigenvalue weighted by Crippen LogP contribution is 2.31. The van der Waals surface area contributed by atoms with Crippen molar-refractivity contribution in [1.82, 2.24) is 4.90 Å². The Morgan fingerprint density at radius 1 is 1.03 bits per heavy atom. The summed E-state index contributed by atoms with van der Waals surface area (Å²) in [6, 6.07) is 13.2. The molecule has 0 bridgehead atoms. The van der Waals surface area contributed by atoms with Gasteiger partial charge in [-0.25, -0.2) is 0 Å². The summed E-state index contributed by atoms with van der Waals surface area (Å²) >= 11 is 0. The highest BCUT2D eigenvalue weighted by atomic mass is 19.4. The van der Waals surface area contributed by atoms with Crippen molar-refractivity contribution < 1.29 is 18.0 Å². The van der Waals surface area contributed by atoms with Crippen molar-refractivity contribution in [2.24, 2.45) is 0 Å². The highest BCUT2D eigenvalue weighted by molar-refractivity contribution is 5.91. The Kier molecular flexibility index (Phi) is 6.79. The van der Waals surface area contributed by atoms with Gasteiger partial charge in [-0.2, -0.15) is 13.2 Å². The molecule has 1 aliphatic rings. The molecule has 0 radical (unpaired) electrons. The maximum absolute atomic E-state index is 12.9. The first-order valence-electron chi connectivity index (χ1n) is 9.83. The number of amides is 1. The van der Waals surface area contributed by atoms with Crippen molar-refractivity contribution in [3.05, 3.63) is 59.7 Å². The molecule has 1 amide bonds. The number of alkyl halides is 3. The van der Waals surface area contributed by atoms with Crippen LogP contribution in [-0.4, -0.2) is 43.5 Å². The van der Waals surface area contributed by atoms with Gasteiger partial charge in [0.2, 0.25) is 5.91 Å². The Labute approximate surface area is 169 Å². The number of nitrogens with zero attached hydrogens (tertiary/aromatic N) is 2. The Morgan fingerprint density at radius 3 is 2.45 bits per heavy atom. The summed E-state index contributed by atoms with van der Waals surface area (Å²) in [5, 5.41) is 2.94. The summed E-state index contributed by atoms with van der Waals surface area (Å²) in [4.78, 5) is 16.4. The summed E-state index contributed by atoms with van der Waals surface area (Å²) in [5.41, 5.74) is 1.87. The maximum Gasteiger partial charge on any atom is 0.416 e. The molecule has 1 saturated heterocycles. The molecule has 4 nitrogen and oxygen atoms in total. The lowest BCUT2D eigenvalue weighted by molar-refractivity contribution is -0.137. The van der Waals surface area contributed by atoms with Crippen LogP contribution in [-0.2, 0) is 11.0 Å². The van der Waals surface area contributed by atoms with Crippen LogP contribution in [0, 0.1) is 6.92 Å². The molecule has 0 aromatic heterocycles. The molecule has 1 aliphatic heterocycles. The van der Waals surface area contributed by atoms with Crippen LogP contribution in [0.15, 0.2) is 48.5 Å². The zero-order chi connectivity index (χ0) is 20.9. The first kappa shape index (κ1) is 21.2. The van der Waals surface area contributed by atoms with Gasteiger partial charge < -0.3 is 10.2 Å². The van der Waals surface area contributed by atoms with E-state index in [1.165, 1.54) is 12.1 Å². The zero-order valence-electron chi connectivity index (χ0n) is 16.5. The Morgan fingerprint density at radius 2 is 1.76 bits per heavy atom. The van der Waals surface area contributed by atoms with Gasteiger partial charge in [0.25, 0.3) is 0 Å². The molecule has 0 atom stereocenters. The maximum atomic E-state index is 12.9. The summed E-state index contributed by atoms with van der Waals surface area (Å²) in [5.74, 6) is 0.00176. The minimum atomic E-state index is -4.32. The molecule has 0 spiro atoms. The van der Waals surface area contributed by atoms with Gasteiger partial charge in [0.15, 0.2) is 0 Å². The molecule has 2 aromatic carbocycles. The Hall–Kier alpha value is -2.54. The highest BCUT2D eigenvalue weighted by Gasteiger charge is 2.31. The molecule has 7 heteroatoms. The van der Waals surface area contributed by atoms with Crippen LogP contribution in [0.2, 0.25) is 0 Å². The van der Waals surface area contributed by atoms with E-state index in [1.807, 2.05) is 36.1 Å². The van der Waals surface area contributed by atoms with Gasteiger partial charge in [0.1, 0.15) is 0 Å². The van der Waals surface area contributed by atoms with Gasteiger partial charge in [-0.3, -0.25) is 9.69 Å². The second-order valence-electron chi connectivity index (χ2n) is 7.34. The predicted molar refractivity (Wildman–Crippen MR) is 109 cm³/mol. The zero-order valence-corrected chi connectivity index (χ0v) is 16.5. The standard InChI is InChI=1S/C22H26F3N3O/c1-17-6-2-3-9-20(17)26-21(29)10-5-11-27-12-14-28(15-13-27)19-8-4-7-18(16-19)22(23,24)25/h2-4,6-9,16H,5,10-15H2,1H3,(H,26,29). The number of anilines is 2. The molecule has 0 unspecified atom stereocenters. The van der Waals surface area contributed by atoms with Crippen LogP contribution < -0.4 is 10.2 Å². The van der Waals surface area contributed by atoms with Gasteiger partial charge >= 0.3 is 6.18 Å². The van der Waals surface area contributed by atoms with E-state index in [2.05, 4.69) is 10.2 Å². The molecule has 156 valence electrons. The Bertz CT molecular complexity index is 830. The van der Waals surface area contributed by atoms with Crippen molar-refractivity contribution in [3.63, 3.8) is 0 Å². The fourth-order valence-electron chi connectivity index (χ4n) is 3.50. The summed E-state index contributed by atoms with van der Waals surface area (Å²) in [6.45, 7) is 5.66. The first-order valence-corrected chi connectivity index (χ1v) is 9.83. The monoisotopic (exact) mass is 405 g/mol. The van der Waals surface area contributed by atoms with Gasteiger partial charge in [-0.1, -0.05) is 24.3 Å². The molecule has 1 fully saturated rings. The topological polar surface area (TPSA) is 35.6 Å². The second kappa shape index (κ2) is 9.31. The fourth-order valence-corrected chi connectivity index (χ4v) is 3.50. The van der Waals surface area contributed by atoms with Crippen LogP contribution in [0.4, 0.5) is 24.5 Å². The van der Waals surface area contributed by atoms with E-state index in [9.17, 15) is 18.0 Å². The number of benzene rings is 2. The molecule has 29 heavy (non-hydrogen) atoms. The molecular weight excluding hydrogens is 379 g/mol. The van der Waals surface area contributed by atoms with Crippen LogP contribution in [0.5, 0.6) is 0 Å². The quantitative estimate of drug-likeness (QED) is 0.766. The van der Waals surface area contributed by atoms with E-state index in [0.717, 1.165) is 43.4 Å². The number of aryl methyl sites for hydroxylation is 1. The molecule has 1 heterocycles. The summed E-state index contributed by atoms with van der Waals surface area (Å²) in [7, 11) is 0. The molecule has 2 aromatic rings. The van der Waals surface area contributed by atoms with Gasteiger partial charge in [-0.05, 0) is 49.7 Å². The van der Waals surface area contributed by atoms with Crippen LogP contribution in [0.25, 0.3) is 0 Å². The van der Waals surface area contributed by atoms with E-state index in [-0.39, 0.29) is 5.91 Å². The summed E-state index contributed by atoms with van der Waals surface area (Å²) < 4.78 is 38.7. The molecule has 1 N–H and O–H groups in total. The van der Waals surface area contributed by atoms with Gasteiger partial charge in [-0.15, -0.1) is 0 Å². The van der Waals surface area contributed by atoms with Crippen LogP contribution >= 0.6 is 0 Å². The average molecular weight is 405 g/mol. The molecule has 0 saturated carbocycles. The predicted octanol–water partition coefficient (Wildman–Crippen LogP) is 4.55. The molecule has 3 rings (SSSR count). The number of nitrogens with one attached hydrogen (secondary N) is 1. The third-order valence-corrected chi connectivity index (χ3v) is 5.21. The number of para-hydroxylation sites is 1. The lowest BCUT2D eigenvalue weighted by Gasteiger charge is -2.36. The number of halogens is 3.